The van der Waals surface area contributed by atoms with Gasteiger partial charge in [0, 0.05) is 5.54 Å². The van der Waals surface area contributed by atoms with Crippen LogP contribution in [0, 0.1) is 5.92 Å². The molecule has 1 amide bonds. The van der Waals surface area contributed by atoms with Gasteiger partial charge >= 0.3 is 0 Å². The molecule has 2 fully saturated rings. The molecule has 2 atom stereocenters. The van der Waals surface area contributed by atoms with E-state index in [0.717, 1.165) is 32.4 Å². The van der Waals surface area contributed by atoms with E-state index < -0.39 is 0 Å². The maximum absolute atomic E-state index is 11.7. The van der Waals surface area contributed by atoms with Gasteiger partial charge in [-0.05, 0) is 50.8 Å². The maximum atomic E-state index is 11.7. The Morgan fingerprint density at radius 1 is 1.26 bits per heavy atom. The van der Waals surface area contributed by atoms with Gasteiger partial charge in [-0.3, -0.25) is 9.69 Å². The predicted molar refractivity (Wildman–Crippen MR) is 75.6 cm³/mol. The van der Waals surface area contributed by atoms with Crippen molar-refractivity contribution in [2.45, 2.75) is 37.6 Å². The number of nitrogens with zero attached hydrogens (tertiary/aromatic N) is 1. The lowest BCUT2D eigenvalue weighted by Crippen LogP contribution is -2.64. The molecule has 0 bridgehead atoms. The maximum Gasteiger partial charge on any atom is 0.222 e. The molecule has 1 saturated heterocycles. The summed E-state index contributed by atoms with van der Waals surface area (Å²) in [6, 6.07) is 10.5. The number of hydrogen-bond acceptors (Lipinski definition) is 2. The summed E-state index contributed by atoms with van der Waals surface area (Å²) >= 11 is 0. The van der Waals surface area contributed by atoms with Crippen molar-refractivity contribution in [2.24, 2.45) is 11.7 Å². The van der Waals surface area contributed by atoms with Gasteiger partial charge in [0.1, 0.15) is 0 Å². The zero-order valence-electron chi connectivity index (χ0n) is 11.3. The minimum absolute atomic E-state index is 0.00366. The van der Waals surface area contributed by atoms with Crippen LogP contribution in [0.1, 0.15) is 31.2 Å². The topological polar surface area (TPSA) is 46.3 Å². The van der Waals surface area contributed by atoms with Crippen LogP contribution in [0.4, 0.5) is 0 Å². The van der Waals surface area contributed by atoms with Crippen molar-refractivity contribution in [1.29, 1.82) is 0 Å². The number of benzene rings is 1. The number of carbonyl (C=O) groups excluding carboxylic acids is 1. The Labute approximate surface area is 114 Å². The molecule has 0 spiro atoms. The average Bonchev–Trinajstić information content (AvgIpc) is 2.89. The second-order valence-electron chi connectivity index (χ2n) is 5.95. The van der Waals surface area contributed by atoms with Crippen molar-refractivity contribution in [3.63, 3.8) is 0 Å². The Kier molecular flexibility index (Phi) is 3.31. The highest BCUT2D eigenvalue weighted by atomic mass is 16.1. The molecule has 2 aliphatic rings. The van der Waals surface area contributed by atoms with Gasteiger partial charge in [0.2, 0.25) is 5.91 Å². The molecule has 1 aromatic carbocycles. The molecule has 102 valence electrons. The van der Waals surface area contributed by atoms with Gasteiger partial charge in [-0.1, -0.05) is 30.3 Å². The molecule has 19 heavy (non-hydrogen) atoms. The first-order valence-corrected chi connectivity index (χ1v) is 7.31. The molecule has 1 saturated carbocycles. The molecular weight excluding hydrogens is 236 g/mol. The SMILES string of the molecule is NC(=O)C1CCC1(Cc1ccccc1)N1CCCC1. The number of carbonyl (C=O) groups is 1. The van der Waals surface area contributed by atoms with Gasteiger partial charge in [-0.2, -0.15) is 0 Å². The molecule has 1 aliphatic carbocycles. The van der Waals surface area contributed by atoms with Crippen LogP contribution < -0.4 is 5.73 Å². The first-order chi connectivity index (χ1) is 9.22. The van der Waals surface area contributed by atoms with Crippen molar-refractivity contribution >= 4 is 5.91 Å². The fraction of sp³-hybridized carbons (Fsp3) is 0.562. The number of hydrogen-bond donors (Lipinski definition) is 1. The third-order valence-electron chi connectivity index (χ3n) is 4.95. The van der Waals surface area contributed by atoms with Crippen LogP contribution in [0.25, 0.3) is 0 Å². The van der Waals surface area contributed by atoms with E-state index in [-0.39, 0.29) is 17.4 Å². The first-order valence-electron chi connectivity index (χ1n) is 7.31. The molecule has 2 N–H and O–H groups in total. The van der Waals surface area contributed by atoms with E-state index in [1.54, 1.807) is 0 Å². The molecule has 3 rings (SSSR count). The summed E-state index contributed by atoms with van der Waals surface area (Å²) in [5.74, 6) is -0.0834. The smallest absolute Gasteiger partial charge is 0.222 e. The van der Waals surface area contributed by atoms with Gasteiger partial charge in [-0.25, -0.2) is 0 Å². The Bertz CT molecular complexity index is 453. The summed E-state index contributed by atoms with van der Waals surface area (Å²) < 4.78 is 0. The molecule has 3 nitrogen and oxygen atoms in total. The summed E-state index contributed by atoms with van der Waals surface area (Å²) in [6.07, 6.45) is 5.53. The van der Waals surface area contributed by atoms with Crippen LogP contribution >= 0.6 is 0 Å². The Morgan fingerprint density at radius 3 is 2.47 bits per heavy atom. The quantitative estimate of drug-likeness (QED) is 0.897. The van der Waals surface area contributed by atoms with E-state index in [4.69, 9.17) is 5.73 Å². The number of rotatable bonds is 4. The van der Waals surface area contributed by atoms with E-state index in [1.165, 1.54) is 18.4 Å². The van der Waals surface area contributed by atoms with Crippen LogP contribution in [-0.4, -0.2) is 29.4 Å². The number of primary amides is 1. The lowest BCUT2D eigenvalue weighted by molar-refractivity contribution is -0.135. The molecule has 1 aromatic rings. The Morgan fingerprint density at radius 2 is 1.95 bits per heavy atom. The van der Waals surface area contributed by atoms with Gasteiger partial charge < -0.3 is 5.73 Å². The highest BCUT2D eigenvalue weighted by molar-refractivity contribution is 5.79. The van der Waals surface area contributed by atoms with Crippen molar-refractivity contribution in [1.82, 2.24) is 4.90 Å². The summed E-state index contributed by atoms with van der Waals surface area (Å²) in [7, 11) is 0. The minimum Gasteiger partial charge on any atom is -0.369 e. The first kappa shape index (κ1) is 12.7. The Balaban J connectivity index is 1.86. The predicted octanol–water partition coefficient (Wildman–Crippen LogP) is 1.96. The largest absolute Gasteiger partial charge is 0.369 e. The monoisotopic (exact) mass is 258 g/mol. The lowest BCUT2D eigenvalue weighted by Gasteiger charge is -2.54. The van der Waals surface area contributed by atoms with Crippen molar-refractivity contribution in [3.05, 3.63) is 35.9 Å². The standard InChI is InChI=1S/C16H22N2O/c17-15(19)14-8-9-16(14,18-10-4-5-11-18)12-13-6-2-1-3-7-13/h1-3,6-7,14H,4-5,8-12H2,(H2,17,19). The average molecular weight is 258 g/mol. The van der Waals surface area contributed by atoms with E-state index >= 15 is 0 Å². The molecule has 3 heteroatoms. The minimum atomic E-state index is -0.117. The van der Waals surface area contributed by atoms with E-state index in [9.17, 15) is 4.79 Å². The van der Waals surface area contributed by atoms with E-state index in [1.807, 2.05) is 6.07 Å². The summed E-state index contributed by atoms with van der Waals surface area (Å²) in [6.45, 7) is 2.24. The molecule has 1 aliphatic heterocycles. The normalized spacial score (nSPS) is 31.1. The molecular formula is C16H22N2O. The molecule has 2 unspecified atom stereocenters. The third kappa shape index (κ3) is 2.16. The Hall–Kier alpha value is -1.35. The van der Waals surface area contributed by atoms with Crippen molar-refractivity contribution in [3.8, 4) is 0 Å². The molecule has 1 heterocycles. The highest BCUT2D eigenvalue weighted by Crippen LogP contribution is 2.47. The number of likely N-dealkylation sites (tertiary alicyclic amines) is 1. The van der Waals surface area contributed by atoms with Crippen LogP contribution in [0.15, 0.2) is 30.3 Å². The van der Waals surface area contributed by atoms with Crippen LogP contribution in [-0.2, 0) is 11.2 Å². The van der Waals surface area contributed by atoms with E-state index in [0.29, 0.717) is 0 Å². The lowest BCUT2D eigenvalue weighted by atomic mass is 9.62. The van der Waals surface area contributed by atoms with Crippen LogP contribution in [0.3, 0.4) is 0 Å². The summed E-state index contributed by atoms with van der Waals surface area (Å²) in [5, 5.41) is 0. The van der Waals surface area contributed by atoms with Crippen LogP contribution in [0.5, 0.6) is 0 Å². The van der Waals surface area contributed by atoms with Crippen molar-refractivity contribution < 1.29 is 4.79 Å². The second kappa shape index (κ2) is 4.97. The third-order valence-corrected chi connectivity index (χ3v) is 4.95. The van der Waals surface area contributed by atoms with Gasteiger partial charge in [0.15, 0.2) is 0 Å². The fourth-order valence-corrected chi connectivity index (χ4v) is 3.84. The van der Waals surface area contributed by atoms with Crippen molar-refractivity contribution in [2.75, 3.05) is 13.1 Å². The second-order valence-corrected chi connectivity index (χ2v) is 5.95. The van der Waals surface area contributed by atoms with Crippen LogP contribution in [0.2, 0.25) is 0 Å². The zero-order chi connectivity index (χ0) is 13.3. The highest BCUT2D eigenvalue weighted by Gasteiger charge is 2.53. The van der Waals surface area contributed by atoms with Gasteiger partial charge in [-0.15, -0.1) is 0 Å². The summed E-state index contributed by atoms with van der Waals surface area (Å²) in [4.78, 5) is 14.3. The van der Waals surface area contributed by atoms with E-state index in [2.05, 4.69) is 29.2 Å². The zero-order valence-corrected chi connectivity index (χ0v) is 11.3. The molecule has 0 aromatic heterocycles. The van der Waals surface area contributed by atoms with Gasteiger partial charge in [0.05, 0.1) is 5.92 Å². The number of amides is 1. The molecule has 0 radical (unpaired) electrons. The fourth-order valence-electron chi connectivity index (χ4n) is 3.84. The van der Waals surface area contributed by atoms with Gasteiger partial charge in [0.25, 0.3) is 0 Å². The number of nitrogens with two attached hydrogens (primary N) is 1. The summed E-state index contributed by atoms with van der Waals surface area (Å²) in [5.41, 5.74) is 6.95.